The van der Waals surface area contributed by atoms with Crippen LogP contribution in [0.15, 0.2) is 29.4 Å². The molecule has 0 fully saturated rings. The topological polar surface area (TPSA) is 118 Å². The molecule has 162 valence electrons. The Balaban J connectivity index is 2.47. The van der Waals surface area contributed by atoms with Gasteiger partial charge >= 0.3 is 0 Å². The number of amides is 1. The van der Waals surface area contributed by atoms with Crippen molar-refractivity contribution in [2.75, 3.05) is 31.7 Å². The van der Waals surface area contributed by atoms with Crippen LogP contribution in [-0.2, 0) is 9.68 Å². The fourth-order valence-corrected chi connectivity index (χ4v) is 2.64. The zero-order valence-corrected chi connectivity index (χ0v) is 17.6. The first-order valence-corrected chi connectivity index (χ1v) is 9.59. The van der Waals surface area contributed by atoms with Crippen LogP contribution in [0.5, 0.6) is 0 Å². The number of rotatable bonds is 10. The number of aliphatic hydroxyl groups excluding tert-OH is 1. The van der Waals surface area contributed by atoms with Crippen molar-refractivity contribution in [3.8, 4) is 0 Å². The minimum Gasteiger partial charge on any atom is -0.394 e. The Morgan fingerprint density at radius 3 is 2.67 bits per heavy atom. The molecule has 0 aliphatic carbocycles. The number of aliphatic hydroxyl groups is 1. The van der Waals surface area contributed by atoms with E-state index < -0.39 is 40.2 Å². The quantitative estimate of drug-likeness (QED) is 0.160. The van der Waals surface area contributed by atoms with Gasteiger partial charge in [0.05, 0.1) is 36.4 Å². The smallest absolute Gasteiger partial charge is 0.277 e. The number of oxime groups is 1. The summed E-state index contributed by atoms with van der Waals surface area (Å²) in [5.74, 6) is -4.47. The first-order chi connectivity index (χ1) is 14.4. The first-order valence-electron chi connectivity index (χ1n) is 8.51. The lowest BCUT2D eigenvalue weighted by atomic mass is 10.1. The third-order valence-electron chi connectivity index (χ3n) is 3.50. The lowest BCUT2D eigenvalue weighted by Gasteiger charge is -2.15. The zero-order valence-electron chi connectivity index (χ0n) is 15.4. The van der Waals surface area contributed by atoms with Crippen LogP contribution in [-0.4, -0.2) is 43.6 Å². The second kappa shape index (κ2) is 11.7. The molecular formula is C18H18F3IN4O4. The van der Waals surface area contributed by atoms with E-state index in [0.29, 0.717) is 3.57 Å². The summed E-state index contributed by atoms with van der Waals surface area (Å²) in [4.78, 5) is 21.9. The first kappa shape index (κ1) is 23.9. The molecule has 0 radical (unpaired) electrons. The van der Waals surface area contributed by atoms with Gasteiger partial charge in [0.2, 0.25) is 0 Å². The van der Waals surface area contributed by atoms with Crippen molar-refractivity contribution in [2.24, 2.45) is 10.9 Å². The maximum atomic E-state index is 14.8. The normalized spacial score (nSPS) is 11.0. The molecule has 12 heteroatoms. The zero-order chi connectivity index (χ0) is 22.1. The van der Waals surface area contributed by atoms with E-state index in [1.54, 1.807) is 6.07 Å². The van der Waals surface area contributed by atoms with Crippen molar-refractivity contribution in [1.82, 2.24) is 5.48 Å². The van der Waals surface area contributed by atoms with Gasteiger partial charge in [-0.25, -0.2) is 18.7 Å². The van der Waals surface area contributed by atoms with Crippen molar-refractivity contribution in [3.05, 3.63) is 56.4 Å². The number of halogens is 4. The van der Waals surface area contributed by atoms with Crippen LogP contribution in [0.3, 0.4) is 0 Å². The summed E-state index contributed by atoms with van der Waals surface area (Å²) in [7, 11) is 0. The van der Waals surface area contributed by atoms with Gasteiger partial charge in [-0.1, -0.05) is 5.16 Å². The Hall–Kier alpha value is -2.42. The predicted molar refractivity (Wildman–Crippen MR) is 112 cm³/mol. The molecular weight excluding hydrogens is 520 g/mol. The molecule has 2 aromatic rings. The van der Waals surface area contributed by atoms with E-state index in [4.69, 9.17) is 20.5 Å². The molecule has 0 saturated carbocycles. The molecule has 0 atom stereocenters. The van der Waals surface area contributed by atoms with E-state index in [9.17, 15) is 18.0 Å². The van der Waals surface area contributed by atoms with Crippen molar-refractivity contribution in [2.45, 2.75) is 0 Å². The van der Waals surface area contributed by atoms with Crippen LogP contribution in [0.25, 0.3) is 0 Å². The highest BCUT2D eigenvalue weighted by molar-refractivity contribution is 14.1. The van der Waals surface area contributed by atoms with Crippen molar-refractivity contribution in [3.63, 3.8) is 0 Å². The van der Waals surface area contributed by atoms with Crippen LogP contribution in [0.4, 0.5) is 24.5 Å². The van der Waals surface area contributed by atoms with Crippen molar-refractivity contribution >= 4 is 46.1 Å². The number of benzene rings is 2. The van der Waals surface area contributed by atoms with Crippen LogP contribution >= 0.6 is 22.6 Å². The second-order valence-corrected chi connectivity index (χ2v) is 6.87. The standard InChI is InChI=1S/C18H18F3IN4O4/c19-13-8-11(22)1-2-14(13)25-17-12(18(28)26-30-6-4-27)7-10(15(20)16(17)21)9-24-29-5-3-23/h1-2,7-9,25,27H,3-6,23H2,(H,26,28). The molecule has 2 aromatic carbocycles. The molecule has 0 unspecified atom stereocenters. The SMILES string of the molecule is NCCON=Cc1cc(C(=O)NOCCO)c(Nc2ccc(I)cc2F)c(F)c1F. The van der Waals surface area contributed by atoms with Crippen LogP contribution in [0.2, 0.25) is 0 Å². The summed E-state index contributed by atoms with van der Waals surface area (Å²) in [6, 6.07) is 5.02. The lowest BCUT2D eigenvalue weighted by molar-refractivity contribution is 0.0168. The van der Waals surface area contributed by atoms with Crippen LogP contribution in [0, 0.1) is 21.0 Å². The predicted octanol–water partition coefficient (Wildman–Crippen LogP) is 2.42. The summed E-state index contributed by atoms with van der Waals surface area (Å²) in [6.07, 6.45) is 0.870. The molecule has 8 nitrogen and oxygen atoms in total. The average Bonchev–Trinajstić information content (AvgIpc) is 2.72. The van der Waals surface area contributed by atoms with Crippen LogP contribution in [0.1, 0.15) is 15.9 Å². The lowest BCUT2D eigenvalue weighted by Crippen LogP contribution is -2.26. The van der Waals surface area contributed by atoms with E-state index >= 15 is 0 Å². The molecule has 0 spiro atoms. The highest BCUT2D eigenvalue weighted by Gasteiger charge is 2.23. The summed E-state index contributed by atoms with van der Waals surface area (Å²) in [5.41, 5.74) is 5.64. The van der Waals surface area contributed by atoms with Gasteiger partial charge in [0, 0.05) is 15.7 Å². The Morgan fingerprint density at radius 1 is 1.23 bits per heavy atom. The maximum Gasteiger partial charge on any atom is 0.277 e. The number of hydroxylamine groups is 1. The van der Waals surface area contributed by atoms with E-state index in [-0.39, 0.29) is 32.1 Å². The molecule has 0 aliphatic heterocycles. The van der Waals surface area contributed by atoms with Crippen molar-refractivity contribution in [1.29, 1.82) is 0 Å². The van der Waals surface area contributed by atoms with Gasteiger partial charge in [0.1, 0.15) is 12.4 Å². The fraction of sp³-hybridized carbons (Fsp3) is 0.222. The summed E-state index contributed by atoms with van der Waals surface area (Å²) in [5, 5.41) is 14.6. The summed E-state index contributed by atoms with van der Waals surface area (Å²) >= 11 is 1.89. The van der Waals surface area contributed by atoms with E-state index in [0.717, 1.165) is 12.3 Å². The molecule has 0 saturated heterocycles. The number of hydrogen-bond acceptors (Lipinski definition) is 7. The Kier molecular flexibility index (Phi) is 9.29. The number of anilines is 2. The van der Waals surface area contributed by atoms with Gasteiger partial charge in [-0.3, -0.25) is 9.63 Å². The van der Waals surface area contributed by atoms with Gasteiger partial charge in [-0.05, 0) is 46.9 Å². The molecule has 30 heavy (non-hydrogen) atoms. The third-order valence-corrected chi connectivity index (χ3v) is 4.17. The Morgan fingerprint density at radius 2 is 2.00 bits per heavy atom. The number of nitrogens with one attached hydrogen (secondary N) is 2. The van der Waals surface area contributed by atoms with E-state index in [1.807, 2.05) is 28.1 Å². The molecule has 0 aliphatic rings. The number of carbonyl (C=O) groups is 1. The second-order valence-electron chi connectivity index (χ2n) is 5.63. The third kappa shape index (κ3) is 6.29. The summed E-state index contributed by atoms with van der Waals surface area (Å²) < 4.78 is 44.1. The van der Waals surface area contributed by atoms with E-state index in [1.165, 1.54) is 12.1 Å². The Labute approximate surface area is 183 Å². The van der Waals surface area contributed by atoms with Gasteiger partial charge in [-0.2, -0.15) is 0 Å². The van der Waals surface area contributed by atoms with Crippen molar-refractivity contribution < 1.29 is 32.7 Å². The minimum absolute atomic E-state index is 0.0503. The summed E-state index contributed by atoms with van der Waals surface area (Å²) in [6.45, 7) is -0.401. The molecule has 0 bridgehead atoms. The fourth-order valence-electron chi connectivity index (χ4n) is 2.18. The molecule has 1 amide bonds. The largest absolute Gasteiger partial charge is 0.394 e. The molecule has 2 rings (SSSR count). The van der Waals surface area contributed by atoms with Crippen LogP contribution < -0.4 is 16.5 Å². The number of carbonyl (C=O) groups excluding carboxylic acids is 1. The maximum absolute atomic E-state index is 14.8. The average molecular weight is 538 g/mol. The monoisotopic (exact) mass is 538 g/mol. The number of nitrogens with zero attached hydrogens (tertiary/aromatic N) is 1. The molecule has 0 aromatic heterocycles. The highest BCUT2D eigenvalue weighted by Crippen LogP contribution is 2.30. The highest BCUT2D eigenvalue weighted by atomic mass is 127. The number of hydrogen-bond donors (Lipinski definition) is 4. The van der Waals surface area contributed by atoms with Gasteiger partial charge in [0.15, 0.2) is 11.6 Å². The Bertz CT molecular complexity index is 931. The van der Waals surface area contributed by atoms with Gasteiger partial charge in [-0.15, -0.1) is 0 Å². The number of nitrogens with two attached hydrogens (primary N) is 1. The van der Waals surface area contributed by atoms with Gasteiger partial charge in [0.25, 0.3) is 5.91 Å². The van der Waals surface area contributed by atoms with E-state index in [2.05, 4.69) is 10.5 Å². The molecule has 0 heterocycles. The van der Waals surface area contributed by atoms with Gasteiger partial charge < -0.3 is 21.0 Å². The molecule has 5 N–H and O–H groups in total. The minimum atomic E-state index is -1.44.